The Morgan fingerprint density at radius 1 is 1.16 bits per heavy atom. The van der Waals surface area contributed by atoms with E-state index in [0.29, 0.717) is 0 Å². The summed E-state index contributed by atoms with van der Waals surface area (Å²) in [5.41, 5.74) is 6.82. The smallest absolute Gasteiger partial charge is 0.0300 e. The summed E-state index contributed by atoms with van der Waals surface area (Å²) >= 11 is 0. The number of unbranched alkanes of at least 4 members (excludes halogenated alkanes) is 2. The molecule has 0 amide bonds. The van der Waals surface area contributed by atoms with Crippen LogP contribution in [0.4, 0.5) is 0 Å². The lowest BCUT2D eigenvalue weighted by atomic mass is 10.2. The highest BCUT2D eigenvalue weighted by molar-refractivity contribution is 5.09. The summed E-state index contributed by atoms with van der Waals surface area (Å²) < 4.78 is 0. The third kappa shape index (κ3) is 10.8. The van der Waals surface area contributed by atoms with Crippen molar-refractivity contribution >= 4 is 0 Å². The van der Waals surface area contributed by atoms with Crippen LogP contribution in [0.3, 0.4) is 0 Å². The molecule has 0 aliphatic heterocycles. The van der Waals surface area contributed by atoms with Crippen molar-refractivity contribution in [3.63, 3.8) is 0 Å². The summed E-state index contributed by atoms with van der Waals surface area (Å²) in [5.74, 6) is 0. The lowest BCUT2D eigenvalue weighted by Crippen LogP contribution is -2.31. The van der Waals surface area contributed by atoms with Crippen molar-refractivity contribution in [3.05, 3.63) is 23.9 Å². The van der Waals surface area contributed by atoms with Gasteiger partial charge in [0.05, 0.1) is 0 Å². The number of allylic oxidation sites excluding steroid dienone is 4. The monoisotopic (exact) mass is 267 g/mol. The van der Waals surface area contributed by atoms with Crippen LogP contribution in [0, 0.1) is 0 Å². The van der Waals surface area contributed by atoms with Crippen molar-refractivity contribution in [2.24, 2.45) is 5.73 Å². The van der Waals surface area contributed by atoms with Gasteiger partial charge in [-0.1, -0.05) is 25.5 Å². The molecule has 0 radical (unpaired) electrons. The first-order chi connectivity index (χ1) is 9.26. The Kier molecular flexibility index (Phi) is 13.1. The standard InChI is InChI=1S/C16H33N3/c1-4-6-8-11-16(3)19(5-2)15-14-18-13-10-7-9-12-17/h6,8,11,18H,4-5,7,9-10,12-15,17H2,1-3H3/b8-6-,16-11+. The van der Waals surface area contributed by atoms with Crippen LogP contribution in [0.1, 0.15) is 46.5 Å². The average molecular weight is 267 g/mol. The summed E-state index contributed by atoms with van der Waals surface area (Å²) in [6.07, 6.45) is 11.3. The molecule has 0 fully saturated rings. The van der Waals surface area contributed by atoms with E-state index in [0.717, 1.165) is 45.6 Å². The minimum atomic E-state index is 0.818. The van der Waals surface area contributed by atoms with Gasteiger partial charge in [0.25, 0.3) is 0 Å². The van der Waals surface area contributed by atoms with Gasteiger partial charge in [-0.2, -0.15) is 0 Å². The largest absolute Gasteiger partial charge is 0.374 e. The van der Waals surface area contributed by atoms with Gasteiger partial charge in [-0.15, -0.1) is 0 Å². The normalized spacial score (nSPS) is 12.3. The molecule has 0 heterocycles. The van der Waals surface area contributed by atoms with Crippen LogP contribution in [0.5, 0.6) is 0 Å². The van der Waals surface area contributed by atoms with E-state index < -0.39 is 0 Å². The Morgan fingerprint density at radius 2 is 1.95 bits per heavy atom. The molecule has 0 unspecified atom stereocenters. The van der Waals surface area contributed by atoms with Crippen LogP contribution >= 0.6 is 0 Å². The second-order valence-corrected chi connectivity index (χ2v) is 4.82. The van der Waals surface area contributed by atoms with Gasteiger partial charge in [-0.05, 0) is 52.3 Å². The molecule has 0 aromatic rings. The van der Waals surface area contributed by atoms with E-state index in [1.807, 2.05) is 0 Å². The van der Waals surface area contributed by atoms with Crippen molar-refractivity contribution in [3.8, 4) is 0 Å². The zero-order chi connectivity index (χ0) is 14.3. The number of hydrogen-bond acceptors (Lipinski definition) is 3. The second-order valence-electron chi connectivity index (χ2n) is 4.82. The fourth-order valence-corrected chi connectivity index (χ4v) is 1.94. The number of nitrogens with zero attached hydrogens (tertiary/aromatic N) is 1. The summed E-state index contributed by atoms with van der Waals surface area (Å²) in [7, 11) is 0. The molecule has 0 aliphatic carbocycles. The molecule has 3 N–H and O–H groups in total. The molecule has 0 rings (SSSR count). The van der Waals surface area contributed by atoms with Gasteiger partial charge >= 0.3 is 0 Å². The Labute approximate surface area is 119 Å². The first-order valence-electron chi connectivity index (χ1n) is 7.75. The zero-order valence-corrected chi connectivity index (χ0v) is 13.1. The van der Waals surface area contributed by atoms with Gasteiger partial charge in [0.1, 0.15) is 0 Å². The number of nitrogens with two attached hydrogens (primary N) is 1. The molecule has 19 heavy (non-hydrogen) atoms. The fraction of sp³-hybridized carbons (Fsp3) is 0.750. The SMILES string of the molecule is CC/C=C\C=C(/C)N(CC)CCNCCCCCN. The average Bonchev–Trinajstić information content (AvgIpc) is 2.42. The van der Waals surface area contributed by atoms with Crippen LogP contribution in [0.15, 0.2) is 23.9 Å². The van der Waals surface area contributed by atoms with Gasteiger partial charge in [-0.25, -0.2) is 0 Å². The van der Waals surface area contributed by atoms with Gasteiger partial charge in [-0.3, -0.25) is 0 Å². The number of rotatable bonds is 12. The molecule has 0 bridgehead atoms. The predicted octanol–water partition coefficient (Wildman–Crippen LogP) is 2.90. The molecule has 0 aliphatic rings. The van der Waals surface area contributed by atoms with E-state index >= 15 is 0 Å². The van der Waals surface area contributed by atoms with Crippen molar-refractivity contribution in [1.82, 2.24) is 10.2 Å². The Morgan fingerprint density at radius 3 is 2.58 bits per heavy atom. The molecule has 0 aromatic carbocycles. The first kappa shape index (κ1) is 18.2. The van der Waals surface area contributed by atoms with Crippen LogP contribution in [-0.2, 0) is 0 Å². The van der Waals surface area contributed by atoms with Crippen LogP contribution in [-0.4, -0.2) is 37.6 Å². The number of nitrogens with one attached hydrogen (secondary N) is 1. The van der Waals surface area contributed by atoms with E-state index in [2.05, 4.69) is 49.2 Å². The Bertz CT molecular complexity index is 246. The van der Waals surface area contributed by atoms with E-state index in [1.54, 1.807) is 0 Å². The topological polar surface area (TPSA) is 41.3 Å². The quantitative estimate of drug-likeness (QED) is 0.422. The van der Waals surface area contributed by atoms with E-state index in [-0.39, 0.29) is 0 Å². The Balaban J connectivity index is 3.75. The third-order valence-electron chi connectivity index (χ3n) is 3.21. The third-order valence-corrected chi connectivity index (χ3v) is 3.21. The maximum absolute atomic E-state index is 5.47. The van der Waals surface area contributed by atoms with E-state index in [9.17, 15) is 0 Å². The van der Waals surface area contributed by atoms with Crippen molar-refractivity contribution in [2.45, 2.75) is 46.5 Å². The maximum atomic E-state index is 5.47. The van der Waals surface area contributed by atoms with Gasteiger partial charge < -0.3 is 16.0 Å². The molecular formula is C16H33N3. The molecule has 0 saturated carbocycles. The summed E-state index contributed by atoms with van der Waals surface area (Å²) in [5, 5.41) is 3.50. The number of hydrogen-bond donors (Lipinski definition) is 2. The predicted molar refractivity (Wildman–Crippen MR) is 86.2 cm³/mol. The minimum absolute atomic E-state index is 0.818. The van der Waals surface area contributed by atoms with Crippen molar-refractivity contribution in [2.75, 3.05) is 32.7 Å². The molecule has 3 heteroatoms. The van der Waals surface area contributed by atoms with Crippen LogP contribution in [0.25, 0.3) is 0 Å². The summed E-state index contributed by atoms with van der Waals surface area (Å²) in [4.78, 5) is 2.41. The van der Waals surface area contributed by atoms with Gasteiger partial charge in [0.15, 0.2) is 0 Å². The molecule has 0 spiro atoms. The zero-order valence-electron chi connectivity index (χ0n) is 13.1. The lowest BCUT2D eigenvalue weighted by Gasteiger charge is -2.23. The molecule has 112 valence electrons. The van der Waals surface area contributed by atoms with Gasteiger partial charge in [0, 0.05) is 25.3 Å². The van der Waals surface area contributed by atoms with Crippen LogP contribution < -0.4 is 11.1 Å². The lowest BCUT2D eigenvalue weighted by molar-refractivity contribution is 0.358. The van der Waals surface area contributed by atoms with Crippen molar-refractivity contribution < 1.29 is 0 Å². The summed E-state index contributed by atoms with van der Waals surface area (Å²) in [6.45, 7) is 11.7. The van der Waals surface area contributed by atoms with Crippen molar-refractivity contribution in [1.29, 1.82) is 0 Å². The second kappa shape index (κ2) is 13.6. The highest BCUT2D eigenvalue weighted by atomic mass is 15.1. The van der Waals surface area contributed by atoms with Crippen LogP contribution in [0.2, 0.25) is 0 Å². The molecular weight excluding hydrogens is 234 g/mol. The molecule has 3 nitrogen and oxygen atoms in total. The Hall–Kier alpha value is -0.800. The first-order valence-corrected chi connectivity index (χ1v) is 7.75. The van der Waals surface area contributed by atoms with Gasteiger partial charge in [0.2, 0.25) is 0 Å². The molecule has 0 saturated heterocycles. The fourth-order valence-electron chi connectivity index (χ4n) is 1.94. The molecule has 0 aromatic heterocycles. The summed E-state index contributed by atoms with van der Waals surface area (Å²) in [6, 6.07) is 0. The highest BCUT2D eigenvalue weighted by Gasteiger charge is 2.01. The van der Waals surface area contributed by atoms with E-state index in [4.69, 9.17) is 5.73 Å². The maximum Gasteiger partial charge on any atom is 0.0300 e. The number of likely N-dealkylation sites (N-methyl/N-ethyl adjacent to an activating group) is 1. The highest BCUT2D eigenvalue weighted by Crippen LogP contribution is 2.02. The molecule has 0 atom stereocenters. The minimum Gasteiger partial charge on any atom is -0.374 e. The van der Waals surface area contributed by atoms with E-state index in [1.165, 1.54) is 18.5 Å².